The van der Waals surface area contributed by atoms with Gasteiger partial charge in [0, 0.05) is 7.05 Å². The first-order chi connectivity index (χ1) is 4.95. The Kier molecular flexibility index (Phi) is 2.92. The maximum Gasteiger partial charge on any atom is 0.288 e. The van der Waals surface area contributed by atoms with Crippen molar-refractivity contribution in [2.75, 3.05) is 7.05 Å². The third kappa shape index (κ3) is 2.14. The van der Waals surface area contributed by atoms with Crippen molar-refractivity contribution in [3.63, 3.8) is 0 Å². The average molecular weight is 157 g/mol. The Hall–Kier alpha value is -1.19. The van der Waals surface area contributed by atoms with Crippen LogP contribution in [0.3, 0.4) is 0 Å². The van der Waals surface area contributed by atoms with E-state index in [1.807, 2.05) is 0 Å². The summed E-state index contributed by atoms with van der Waals surface area (Å²) in [5, 5.41) is 2.16. The molecule has 0 rings (SSSR count). The molecule has 0 aromatic rings. The standard InChI is InChI=1S/C7H11NO3/c1-7(2,4-9)5(10)6(11)8-3/h4H,1-3H3,(H,8,11). The van der Waals surface area contributed by atoms with E-state index < -0.39 is 17.1 Å². The number of rotatable bonds is 3. The summed E-state index contributed by atoms with van der Waals surface area (Å²) in [6.07, 6.45) is 0.463. The average Bonchev–Trinajstić information content (AvgIpc) is 2.01. The van der Waals surface area contributed by atoms with Crippen LogP contribution in [0.2, 0.25) is 0 Å². The van der Waals surface area contributed by atoms with E-state index in [1.165, 1.54) is 20.9 Å². The Labute approximate surface area is 65.0 Å². The number of hydrogen-bond donors (Lipinski definition) is 1. The molecule has 0 aliphatic heterocycles. The molecule has 0 heterocycles. The lowest BCUT2D eigenvalue weighted by Gasteiger charge is -2.12. The predicted octanol–water partition coefficient (Wildman–Crippen LogP) is -0.473. The van der Waals surface area contributed by atoms with Crippen molar-refractivity contribution in [2.45, 2.75) is 13.8 Å². The number of likely N-dealkylation sites (N-methyl/N-ethyl adjacent to an activating group) is 1. The zero-order chi connectivity index (χ0) is 9.07. The molecular weight excluding hydrogens is 146 g/mol. The molecule has 0 saturated carbocycles. The molecule has 0 aromatic heterocycles. The third-order valence-electron chi connectivity index (χ3n) is 1.31. The fourth-order valence-electron chi connectivity index (χ4n) is 0.460. The van der Waals surface area contributed by atoms with E-state index in [2.05, 4.69) is 5.32 Å². The number of Topliss-reactive ketones (excluding diaryl/α,β-unsaturated/α-hetero) is 1. The van der Waals surface area contributed by atoms with Gasteiger partial charge in [-0.15, -0.1) is 0 Å². The van der Waals surface area contributed by atoms with Crippen LogP contribution in [-0.4, -0.2) is 25.0 Å². The monoisotopic (exact) mass is 157 g/mol. The fraction of sp³-hybridized carbons (Fsp3) is 0.571. The second kappa shape index (κ2) is 3.27. The minimum atomic E-state index is -1.21. The molecule has 1 N–H and O–H groups in total. The lowest BCUT2D eigenvalue weighted by molar-refractivity contribution is -0.144. The van der Waals surface area contributed by atoms with E-state index in [0.29, 0.717) is 6.29 Å². The van der Waals surface area contributed by atoms with E-state index in [0.717, 1.165) is 0 Å². The molecule has 0 radical (unpaired) electrons. The van der Waals surface area contributed by atoms with Gasteiger partial charge < -0.3 is 10.1 Å². The molecule has 0 unspecified atom stereocenters. The molecule has 0 aromatic carbocycles. The number of carbonyl (C=O) groups excluding carboxylic acids is 3. The van der Waals surface area contributed by atoms with Gasteiger partial charge in [-0.2, -0.15) is 0 Å². The Morgan fingerprint density at radius 3 is 2.09 bits per heavy atom. The Balaban J connectivity index is 4.48. The van der Waals surface area contributed by atoms with E-state index in [-0.39, 0.29) is 0 Å². The minimum Gasteiger partial charge on any atom is -0.353 e. The molecule has 62 valence electrons. The number of hydrogen-bond acceptors (Lipinski definition) is 3. The number of amides is 1. The smallest absolute Gasteiger partial charge is 0.288 e. The largest absolute Gasteiger partial charge is 0.353 e. The van der Waals surface area contributed by atoms with Crippen LogP contribution in [0.25, 0.3) is 0 Å². The predicted molar refractivity (Wildman–Crippen MR) is 38.9 cm³/mol. The van der Waals surface area contributed by atoms with Crippen molar-refractivity contribution < 1.29 is 14.4 Å². The van der Waals surface area contributed by atoms with Crippen LogP contribution in [0, 0.1) is 5.41 Å². The first-order valence-corrected chi connectivity index (χ1v) is 3.18. The maximum absolute atomic E-state index is 11.0. The lowest BCUT2D eigenvalue weighted by atomic mass is 9.90. The summed E-state index contributed by atoms with van der Waals surface area (Å²) < 4.78 is 0. The first-order valence-electron chi connectivity index (χ1n) is 3.18. The van der Waals surface area contributed by atoms with Gasteiger partial charge in [0.2, 0.25) is 5.78 Å². The SMILES string of the molecule is CNC(=O)C(=O)C(C)(C)C=O. The lowest BCUT2D eigenvalue weighted by Crippen LogP contribution is -2.38. The van der Waals surface area contributed by atoms with Crippen LogP contribution < -0.4 is 5.32 Å². The van der Waals surface area contributed by atoms with Gasteiger partial charge in [-0.3, -0.25) is 9.59 Å². The highest BCUT2D eigenvalue weighted by atomic mass is 16.2. The summed E-state index contributed by atoms with van der Waals surface area (Å²) in [5.41, 5.74) is -1.21. The van der Waals surface area contributed by atoms with Crippen molar-refractivity contribution in [3.8, 4) is 0 Å². The zero-order valence-corrected chi connectivity index (χ0v) is 6.80. The summed E-state index contributed by atoms with van der Waals surface area (Å²) in [6, 6.07) is 0. The molecular formula is C7H11NO3. The van der Waals surface area contributed by atoms with E-state index in [4.69, 9.17) is 0 Å². The maximum atomic E-state index is 11.0. The number of carbonyl (C=O) groups is 3. The van der Waals surface area contributed by atoms with Gasteiger partial charge in [-0.05, 0) is 13.8 Å². The highest BCUT2D eigenvalue weighted by molar-refractivity contribution is 6.40. The molecule has 0 fully saturated rings. The van der Waals surface area contributed by atoms with Gasteiger partial charge in [0.15, 0.2) is 0 Å². The van der Waals surface area contributed by atoms with Gasteiger partial charge in [0.1, 0.15) is 6.29 Å². The van der Waals surface area contributed by atoms with Gasteiger partial charge >= 0.3 is 0 Å². The molecule has 0 aliphatic carbocycles. The summed E-state index contributed by atoms with van der Waals surface area (Å²) in [6.45, 7) is 2.80. The number of ketones is 1. The summed E-state index contributed by atoms with van der Waals surface area (Å²) >= 11 is 0. The minimum absolute atomic E-state index is 0.463. The molecule has 0 atom stereocenters. The van der Waals surface area contributed by atoms with Crippen molar-refractivity contribution >= 4 is 18.0 Å². The second-order valence-corrected chi connectivity index (χ2v) is 2.75. The van der Waals surface area contributed by atoms with Crippen molar-refractivity contribution in [1.82, 2.24) is 5.32 Å². The normalized spacial score (nSPS) is 10.5. The molecule has 0 aliphatic rings. The van der Waals surface area contributed by atoms with Gasteiger partial charge in [0.05, 0.1) is 5.41 Å². The number of nitrogens with one attached hydrogen (secondary N) is 1. The van der Waals surface area contributed by atoms with Crippen molar-refractivity contribution in [3.05, 3.63) is 0 Å². The van der Waals surface area contributed by atoms with Gasteiger partial charge in [-0.1, -0.05) is 0 Å². The molecule has 0 saturated heterocycles. The molecule has 0 spiro atoms. The van der Waals surface area contributed by atoms with Crippen LogP contribution in [0.15, 0.2) is 0 Å². The van der Waals surface area contributed by atoms with Gasteiger partial charge in [0.25, 0.3) is 5.91 Å². The summed E-state index contributed by atoms with van der Waals surface area (Å²) in [5.74, 6) is -1.45. The van der Waals surface area contributed by atoms with E-state index in [9.17, 15) is 14.4 Å². The summed E-state index contributed by atoms with van der Waals surface area (Å²) in [4.78, 5) is 32.0. The van der Waals surface area contributed by atoms with Crippen LogP contribution >= 0.6 is 0 Å². The quantitative estimate of drug-likeness (QED) is 0.342. The summed E-state index contributed by atoms with van der Waals surface area (Å²) in [7, 11) is 1.35. The zero-order valence-electron chi connectivity index (χ0n) is 6.80. The van der Waals surface area contributed by atoms with Gasteiger partial charge in [-0.25, -0.2) is 0 Å². The Bertz CT molecular complexity index is 196. The molecule has 4 heteroatoms. The van der Waals surface area contributed by atoms with E-state index >= 15 is 0 Å². The highest BCUT2D eigenvalue weighted by Gasteiger charge is 2.31. The molecule has 0 bridgehead atoms. The van der Waals surface area contributed by atoms with E-state index in [1.54, 1.807) is 0 Å². The second-order valence-electron chi connectivity index (χ2n) is 2.75. The van der Waals surface area contributed by atoms with Crippen LogP contribution in [0.5, 0.6) is 0 Å². The third-order valence-corrected chi connectivity index (χ3v) is 1.31. The molecule has 4 nitrogen and oxygen atoms in total. The number of aldehydes is 1. The molecule has 11 heavy (non-hydrogen) atoms. The van der Waals surface area contributed by atoms with Crippen LogP contribution in [0.4, 0.5) is 0 Å². The molecule has 1 amide bonds. The fourth-order valence-corrected chi connectivity index (χ4v) is 0.460. The Morgan fingerprint density at radius 1 is 1.36 bits per heavy atom. The van der Waals surface area contributed by atoms with Crippen molar-refractivity contribution in [1.29, 1.82) is 0 Å². The van der Waals surface area contributed by atoms with Crippen LogP contribution in [0.1, 0.15) is 13.8 Å². The Morgan fingerprint density at radius 2 is 1.82 bits per heavy atom. The van der Waals surface area contributed by atoms with Crippen molar-refractivity contribution in [2.24, 2.45) is 5.41 Å². The topological polar surface area (TPSA) is 63.2 Å². The first kappa shape index (κ1) is 9.81. The highest BCUT2D eigenvalue weighted by Crippen LogP contribution is 2.11. The van der Waals surface area contributed by atoms with Crippen LogP contribution in [-0.2, 0) is 14.4 Å².